The van der Waals surface area contributed by atoms with Gasteiger partial charge in [-0.3, -0.25) is 47.9 Å². The molecule has 24 heteroatoms. The van der Waals surface area contributed by atoms with E-state index in [1.165, 1.54) is 49.7 Å². The Morgan fingerprint density at radius 2 is 0.625 bits per heavy atom. The fourth-order valence-electron chi connectivity index (χ4n) is 17.7. The number of benzene rings is 2. The predicted octanol–water partition coefficient (Wildman–Crippen LogP) is 24.0. The van der Waals surface area contributed by atoms with Crippen LogP contribution in [0.25, 0.3) is 0 Å². The van der Waals surface area contributed by atoms with Gasteiger partial charge in [0.25, 0.3) is 0 Å². The second-order valence-corrected chi connectivity index (χ2v) is 41.2. The molecule has 0 heterocycles. The van der Waals surface area contributed by atoms with E-state index in [4.69, 9.17) is 28.4 Å². The third kappa shape index (κ3) is 58.9. The Labute approximate surface area is 824 Å². The van der Waals surface area contributed by atoms with Crippen molar-refractivity contribution in [3.05, 3.63) is 70.8 Å². The molecule has 0 saturated heterocycles. The smallest absolute Gasteiger partial charge is 0.310 e. The number of carbonyl (C=O) groups excluding carboxylic acids is 8. The average Bonchev–Trinajstić information content (AvgIpc) is 0.778. The Kier molecular flexibility index (Phi) is 72.5. The van der Waals surface area contributed by atoms with Crippen LogP contribution in [0.5, 0.6) is 0 Å². The maximum Gasteiger partial charge on any atom is 0.310 e. The molecule has 0 radical (unpaired) electrons. The molecule has 0 aliphatic rings. The number of aliphatic hydroxyl groups excluding tert-OH is 2. The maximum atomic E-state index is 13.9. The summed E-state index contributed by atoms with van der Waals surface area (Å²) in [5.41, 5.74) is -0.308. The Morgan fingerprint density at radius 1 is 0.338 bits per heavy atom. The van der Waals surface area contributed by atoms with Gasteiger partial charge in [0.05, 0.1) is 55.3 Å². The van der Waals surface area contributed by atoms with Crippen LogP contribution in [0.4, 0.5) is 0 Å². The highest BCUT2D eigenvalue weighted by atomic mass is 16.6. The number of nitrogens with one attached hydrogen (secondary N) is 2. The number of carboxylic acid groups (broad SMARTS) is 2. The number of ether oxygens (including phenoxy) is 6. The first kappa shape index (κ1) is 127. The molecule has 24 nitrogen and oxygen atoms in total. The molecular formula is C112H196N4O20. The SMILES string of the molecule is CCCCCCCCC(CCCCCC)(CC(COC(=O)CCNC(=O)[C@H](O)C(C)(C)COC(=O)CCc1ccc(CN(C)C)cc1)C(CCCCCC)(CCCCCCCC)C(=O)O)C(=O)O.CCCCCCCCC(CCCCCC)C(=O)OCC(COC(=O)CCNC(=O)[C@H](O)C(C)(C)COC(=O)CCc1ccc(CN(C)C)cc1)OC(=O)C(CCCCCC)CCCCCCCC. The fraction of sp³-hybridized carbons (Fsp3) is 0.804. The largest absolute Gasteiger partial charge is 0.481 e. The number of esters is 6. The van der Waals surface area contributed by atoms with E-state index in [1.54, 1.807) is 27.7 Å². The van der Waals surface area contributed by atoms with E-state index in [0.29, 0.717) is 51.4 Å². The third-order valence-corrected chi connectivity index (χ3v) is 26.9. The molecule has 0 spiro atoms. The topological polar surface area (TPSA) is 338 Å². The Morgan fingerprint density at radius 3 is 0.963 bits per heavy atom. The molecule has 2 amide bonds. The van der Waals surface area contributed by atoms with Crippen molar-refractivity contribution in [2.45, 2.75) is 468 Å². The lowest BCUT2D eigenvalue weighted by atomic mass is 9.61. The Hall–Kier alpha value is -7.02. The average molecular weight is 1920 g/mol. The zero-order chi connectivity index (χ0) is 101. The van der Waals surface area contributed by atoms with Crippen LogP contribution in [0, 0.1) is 39.4 Å². The van der Waals surface area contributed by atoms with Crippen LogP contribution < -0.4 is 10.6 Å². The second kappa shape index (κ2) is 77.7. The summed E-state index contributed by atoms with van der Waals surface area (Å²) in [6.45, 7) is 24.1. The van der Waals surface area contributed by atoms with Gasteiger partial charge >= 0.3 is 47.8 Å². The van der Waals surface area contributed by atoms with E-state index in [2.05, 4.69) is 75.8 Å². The first-order chi connectivity index (χ1) is 65.1. The minimum absolute atomic E-state index is 0.110. The highest BCUT2D eigenvalue weighted by Gasteiger charge is 2.51. The van der Waals surface area contributed by atoms with E-state index in [1.807, 2.05) is 76.7 Å². The minimum atomic E-state index is -1.54. The number of nitrogens with zero attached hydrogens (tertiary/aromatic N) is 2. The van der Waals surface area contributed by atoms with Crippen molar-refractivity contribution in [2.24, 2.45) is 39.4 Å². The van der Waals surface area contributed by atoms with Crippen molar-refractivity contribution >= 4 is 59.6 Å². The summed E-state index contributed by atoms with van der Waals surface area (Å²) in [7, 11) is 8.03. The van der Waals surface area contributed by atoms with Crippen molar-refractivity contribution < 1.29 is 96.8 Å². The second-order valence-electron chi connectivity index (χ2n) is 41.2. The lowest BCUT2D eigenvalue weighted by molar-refractivity contribution is -0.171. The first-order valence-corrected chi connectivity index (χ1v) is 53.9. The number of aryl methyl sites for hydroxylation is 2. The number of rotatable bonds is 86. The highest BCUT2D eigenvalue weighted by Crippen LogP contribution is 2.49. The summed E-state index contributed by atoms with van der Waals surface area (Å²) >= 11 is 0. The minimum Gasteiger partial charge on any atom is -0.481 e. The molecular weight excluding hydrogens is 1720 g/mol. The molecule has 8 atom stereocenters. The van der Waals surface area contributed by atoms with E-state index < -0.39 is 93.5 Å². The van der Waals surface area contributed by atoms with Gasteiger partial charge in [-0.05, 0) is 121 Å². The molecule has 2 rings (SSSR count). The number of aliphatic carboxylic acids is 2. The van der Waals surface area contributed by atoms with Gasteiger partial charge in [0.15, 0.2) is 6.10 Å². The predicted molar refractivity (Wildman–Crippen MR) is 546 cm³/mol. The summed E-state index contributed by atoms with van der Waals surface area (Å²) < 4.78 is 34.5. The number of aliphatic hydroxyl groups is 2. The van der Waals surface area contributed by atoms with Gasteiger partial charge in [0.1, 0.15) is 25.4 Å². The van der Waals surface area contributed by atoms with E-state index in [0.717, 1.165) is 255 Å². The van der Waals surface area contributed by atoms with Crippen molar-refractivity contribution in [2.75, 3.05) is 74.3 Å². The fourth-order valence-corrected chi connectivity index (χ4v) is 17.7. The van der Waals surface area contributed by atoms with Gasteiger partial charge in [-0.15, -0.1) is 0 Å². The quantitative estimate of drug-likeness (QED) is 0.0203. The molecule has 0 aliphatic carbocycles. The molecule has 0 fully saturated rings. The Balaban J connectivity index is 0.00000136. The highest BCUT2D eigenvalue weighted by molar-refractivity contribution is 5.83. The molecule has 2 aromatic carbocycles. The van der Waals surface area contributed by atoms with Gasteiger partial charge < -0.3 is 69.3 Å². The monoisotopic (exact) mass is 1920 g/mol. The lowest BCUT2D eigenvalue weighted by Gasteiger charge is -2.42. The van der Waals surface area contributed by atoms with Crippen LogP contribution in [0.3, 0.4) is 0 Å². The van der Waals surface area contributed by atoms with Gasteiger partial charge in [-0.25, -0.2) is 0 Å². The molecule has 784 valence electrons. The van der Waals surface area contributed by atoms with Gasteiger partial charge in [0, 0.05) is 55.8 Å². The lowest BCUT2D eigenvalue weighted by Crippen LogP contribution is -2.47. The molecule has 136 heavy (non-hydrogen) atoms. The van der Waals surface area contributed by atoms with Gasteiger partial charge in [-0.2, -0.15) is 0 Å². The standard InChI is InChI=1S/2C56H98N2O10/c1-9-13-17-21-23-26-37-55(52(63)64,36-25-19-15-11-3)41-47(56(53(65)66,38-27-20-16-12-4)39-28-24-22-18-14-10-2)43-67-49(60)35-40-57-51(62)50(61)54(5,6)44-68-48(59)34-33-45-29-31-46(32-30-45)42-58(7)8;1-9-13-17-21-23-27-30-47(29-25-19-15-11-3)54(63)66-43-49(68-55(64)48(31-26-20-16-12-4)32-28-24-22-18-14-10-2)42-65-51(60)39-40-57-53(62)52(61)56(5,6)44-67-50(59)38-37-45-33-35-46(36-34-45)41-58(7)8/h29-32,47,50,61H,9-28,33-44H2,1-8H3,(H,57,62)(H,63,64)(H,65,66);33-36,47-49,52,61H,9-32,37-44H2,1-8H3,(H,57,62)/t47?,50-,55?,56?;47?,48?,49?,52-/m00/s1. The van der Waals surface area contributed by atoms with Crippen molar-refractivity contribution in [1.82, 2.24) is 20.4 Å². The summed E-state index contributed by atoms with van der Waals surface area (Å²) in [5, 5.41) is 49.6. The van der Waals surface area contributed by atoms with E-state index >= 15 is 0 Å². The van der Waals surface area contributed by atoms with Crippen LogP contribution >= 0.6 is 0 Å². The number of hydrogen-bond acceptors (Lipinski definition) is 20. The third-order valence-electron chi connectivity index (χ3n) is 26.9. The zero-order valence-electron chi connectivity index (χ0n) is 88.6. The van der Waals surface area contributed by atoms with Crippen molar-refractivity contribution in [3.63, 3.8) is 0 Å². The Bertz CT molecular complexity index is 3480. The van der Waals surface area contributed by atoms with Crippen molar-refractivity contribution in [3.8, 4) is 0 Å². The van der Waals surface area contributed by atoms with Crippen LogP contribution in [-0.4, -0.2) is 182 Å². The summed E-state index contributed by atoms with van der Waals surface area (Å²) in [5.74, 6) is -7.38. The molecule has 6 unspecified atom stereocenters. The van der Waals surface area contributed by atoms with Crippen LogP contribution in [0.15, 0.2) is 48.5 Å². The summed E-state index contributed by atoms with van der Waals surface area (Å²) in [4.78, 5) is 137. The van der Waals surface area contributed by atoms with Gasteiger partial charge in [0.2, 0.25) is 11.8 Å². The van der Waals surface area contributed by atoms with E-state index in [-0.39, 0.29) is 102 Å². The summed E-state index contributed by atoms with van der Waals surface area (Å²) in [6, 6.07) is 16.1. The molecule has 6 N–H and O–H groups in total. The van der Waals surface area contributed by atoms with E-state index in [9.17, 15) is 68.4 Å². The molecule has 0 bridgehead atoms. The van der Waals surface area contributed by atoms with Crippen LogP contribution in [0.2, 0.25) is 0 Å². The van der Waals surface area contributed by atoms with Gasteiger partial charge in [-0.1, -0.05) is 388 Å². The number of carbonyl (C=O) groups is 10. The molecule has 2 aromatic rings. The molecule has 0 aromatic heterocycles. The maximum absolute atomic E-state index is 13.9. The van der Waals surface area contributed by atoms with Crippen molar-refractivity contribution in [1.29, 1.82) is 0 Å². The number of unbranched alkanes of at least 4 members (excludes halogenated alkanes) is 32. The molecule has 0 saturated carbocycles. The number of hydrogen-bond donors (Lipinski definition) is 6. The zero-order valence-corrected chi connectivity index (χ0v) is 88.6. The first-order valence-electron chi connectivity index (χ1n) is 53.9. The number of carboxylic acids is 2. The van der Waals surface area contributed by atoms with Crippen LogP contribution in [-0.2, 0) is 102 Å². The van der Waals surface area contributed by atoms with Crippen LogP contribution in [0.1, 0.15) is 446 Å². The molecule has 0 aliphatic heterocycles. The number of amides is 2. The normalized spacial score (nSPS) is 13.9. The summed E-state index contributed by atoms with van der Waals surface area (Å²) in [6.07, 6.45) is 42.5.